The van der Waals surface area contributed by atoms with Crippen molar-refractivity contribution in [2.45, 2.75) is 17.9 Å². The molecule has 0 amide bonds. The van der Waals surface area contributed by atoms with Gasteiger partial charge in [0.2, 0.25) is 10.0 Å². The molecule has 0 unspecified atom stereocenters. The highest BCUT2D eigenvalue weighted by molar-refractivity contribution is 7.89. The van der Waals surface area contributed by atoms with Gasteiger partial charge in [0, 0.05) is 42.9 Å². The molecular weight excluding hydrogens is 400 g/mol. The van der Waals surface area contributed by atoms with Crippen LogP contribution in [0.1, 0.15) is 11.3 Å². The number of fused-ring (bicyclic) bond motifs is 1. The number of ether oxygens (including phenoxy) is 1. The van der Waals surface area contributed by atoms with Gasteiger partial charge in [-0.25, -0.2) is 27.2 Å². The Labute approximate surface area is 166 Å². The van der Waals surface area contributed by atoms with E-state index in [1.54, 1.807) is 13.3 Å². The molecular formula is C20H17F2N3O3S. The Morgan fingerprint density at radius 2 is 1.86 bits per heavy atom. The molecule has 1 aromatic heterocycles. The van der Waals surface area contributed by atoms with Crippen LogP contribution in [0.15, 0.2) is 53.6 Å². The molecule has 0 N–H and O–H groups in total. The van der Waals surface area contributed by atoms with Crippen LogP contribution in [0.5, 0.6) is 5.75 Å². The molecule has 2 heterocycles. The summed E-state index contributed by atoms with van der Waals surface area (Å²) in [5.41, 5.74) is 2.22. The van der Waals surface area contributed by atoms with Gasteiger partial charge in [0.05, 0.1) is 12.8 Å². The van der Waals surface area contributed by atoms with E-state index in [1.807, 2.05) is 24.3 Å². The fourth-order valence-electron chi connectivity index (χ4n) is 3.20. The lowest BCUT2D eigenvalue weighted by Crippen LogP contribution is -2.37. The van der Waals surface area contributed by atoms with E-state index in [9.17, 15) is 17.2 Å². The van der Waals surface area contributed by atoms with Crippen molar-refractivity contribution in [3.63, 3.8) is 0 Å². The van der Waals surface area contributed by atoms with Gasteiger partial charge in [-0.15, -0.1) is 0 Å². The second kappa shape index (κ2) is 7.49. The number of methoxy groups -OCH3 is 1. The van der Waals surface area contributed by atoms with E-state index in [1.165, 1.54) is 0 Å². The first-order valence-corrected chi connectivity index (χ1v) is 10.3. The summed E-state index contributed by atoms with van der Waals surface area (Å²) in [7, 11) is -2.51. The summed E-state index contributed by atoms with van der Waals surface area (Å²) in [6.45, 7) is 0.169. The number of sulfonamides is 1. The third-order valence-electron chi connectivity index (χ3n) is 4.76. The van der Waals surface area contributed by atoms with Crippen LogP contribution >= 0.6 is 0 Å². The van der Waals surface area contributed by atoms with Crippen molar-refractivity contribution in [1.29, 1.82) is 0 Å². The summed E-state index contributed by atoms with van der Waals surface area (Å²) in [6.07, 6.45) is 1.95. The third kappa shape index (κ3) is 3.70. The maximum absolute atomic E-state index is 14.0. The Kier molecular flexibility index (Phi) is 5.01. The highest BCUT2D eigenvalue weighted by Gasteiger charge is 2.31. The zero-order chi connectivity index (χ0) is 20.6. The van der Waals surface area contributed by atoms with Crippen LogP contribution < -0.4 is 4.74 Å². The van der Waals surface area contributed by atoms with E-state index in [0.29, 0.717) is 23.9 Å². The monoisotopic (exact) mass is 417 g/mol. The third-order valence-corrected chi connectivity index (χ3v) is 6.64. The largest absolute Gasteiger partial charge is 0.497 e. The molecule has 0 saturated heterocycles. The van der Waals surface area contributed by atoms with Gasteiger partial charge in [-0.05, 0) is 36.4 Å². The van der Waals surface area contributed by atoms with E-state index in [2.05, 4.69) is 9.97 Å². The van der Waals surface area contributed by atoms with Crippen molar-refractivity contribution in [3.8, 4) is 17.1 Å². The summed E-state index contributed by atoms with van der Waals surface area (Å²) >= 11 is 0. The molecule has 0 bridgehead atoms. The number of halogens is 2. The predicted molar refractivity (Wildman–Crippen MR) is 102 cm³/mol. The van der Waals surface area contributed by atoms with Gasteiger partial charge in [-0.3, -0.25) is 0 Å². The summed E-state index contributed by atoms with van der Waals surface area (Å²) in [5, 5.41) is 0. The summed E-state index contributed by atoms with van der Waals surface area (Å²) in [4.78, 5) is 8.36. The van der Waals surface area contributed by atoms with Crippen molar-refractivity contribution in [1.82, 2.24) is 14.3 Å². The molecule has 1 aliphatic heterocycles. The molecule has 0 aliphatic carbocycles. The fraction of sp³-hybridized carbons (Fsp3) is 0.200. The minimum atomic E-state index is -4.10. The molecule has 0 spiro atoms. The fourth-order valence-corrected chi connectivity index (χ4v) is 4.66. The number of benzene rings is 2. The molecule has 0 atom stereocenters. The zero-order valence-electron chi connectivity index (χ0n) is 15.5. The number of aromatic nitrogens is 2. The maximum Gasteiger partial charge on any atom is 0.246 e. The lowest BCUT2D eigenvalue weighted by Gasteiger charge is -2.27. The second-order valence-corrected chi connectivity index (χ2v) is 8.46. The first-order chi connectivity index (χ1) is 13.9. The van der Waals surface area contributed by atoms with E-state index < -0.39 is 26.6 Å². The van der Waals surface area contributed by atoms with Crippen LogP contribution in [-0.2, 0) is 23.0 Å². The number of rotatable bonds is 4. The van der Waals surface area contributed by atoms with Gasteiger partial charge >= 0.3 is 0 Å². The van der Waals surface area contributed by atoms with Gasteiger partial charge in [-0.1, -0.05) is 0 Å². The first kappa shape index (κ1) is 19.4. The minimum Gasteiger partial charge on any atom is -0.497 e. The van der Waals surface area contributed by atoms with Crippen LogP contribution in [0.3, 0.4) is 0 Å². The average molecular weight is 417 g/mol. The van der Waals surface area contributed by atoms with Crippen molar-refractivity contribution >= 4 is 10.0 Å². The molecule has 0 radical (unpaired) electrons. The van der Waals surface area contributed by atoms with Crippen molar-refractivity contribution in [2.24, 2.45) is 0 Å². The lowest BCUT2D eigenvalue weighted by atomic mass is 10.1. The quantitative estimate of drug-likeness (QED) is 0.652. The van der Waals surface area contributed by atoms with E-state index in [0.717, 1.165) is 33.4 Å². The summed E-state index contributed by atoms with van der Waals surface area (Å²) < 4.78 is 59.0. The van der Waals surface area contributed by atoms with Gasteiger partial charge in [-0.2, -0.15) is 4.31 Å². The van der Waals surface area contributed by atoms with Crippen LogP contribution in [0.4, 0.5) is 8.78 Å². The van der Waals surface area contributed by atoms with Crippen molar-refractivity contribution in [3.05, 3.63) is 71.6 Å². The van der Waals surface area contributed by atoms with E-state index in [4.69, 9.17) is 4.74 Å². The number of hydrogen-bond acceptors (Lipinski definition) is 5. The van der Waals surface area contributed by atoms with Gasteiger partial charge in [0.15, 0.2) is 5.82 Å². The van der Waals surface area contributed by atoms with Crippen LogP contribution in [0, 0.1) is 11.6 Å². The molecule has 0 saturated carbocycles. The van der Waals surface area contributed by atoms with E-state index in [-0.39, 0.29) is 13.1 Å². The molecule has 6 nitrogen and oxygen atoms in total. The Morgan fingerprint density at radius 3 is 2.55 bits per heavy atom. The summed E-state index contributed by atoms with van der Waals surface area (Å²) in [6, 6.07) is 9.74. The van der Waals surface area contributed by atoms with Gasteiger partial charge in [0.1, 0.15) is 22.3 Å². The van der Waals surface area contributed by atoms with Gasteiger partial charge in [0.25, 0.3) is 0 Å². The molecule has 0 fully saturated rings. The predicted octanol–water partition coefficient (Wildman–Crippen LogP) is 3.18. The molecule has 150 valence electrons. The lowest BCUT2D eigenvalue weighted by molar-refractivity contribution is 0.384. The second-order valence-electron chi connectivity index (χ2n) is 6.56. The van der Waals surface area contributed by atoms with Gasteiger partial charge < -0.3 is 4.74 Å². The Bertz CT molecular complexity index is 1170. The highest BCUT2D eigenvalue weighted by atomic mass is 32.2. The smallest absolute Gasteiger partial charge is 0.246 e. The molecule has 3 aromatic rings. The normalized spacial score (nSPS) is 14.4. The Hall–Kier alpha value is -2.91. The van der Waals surface area contributed by atoms with Crippen LogP contribution in [0.2, 0.25) is 0 Å². The average Bonchev–Trinajstić information content (AvgIpc) is 2.72. The van der Waals surface area contributed by atoms with E-state index >= 15 is 0 Å². The van der Waals surface area contributed by atoms with Crippen LogP contribution in [0.25, 0.3) is 11.4 Å². The number of hydrogen-bond donors (Lipinski definition) is 0. The molecule has 2 aromatic carbocycles. The zero-order valence-corrected chi connectivity index (χ0v) is 16.3. The van der Waals surface area contributed by atoms with Crippen LogP contribution in [-0.4, -0.2) is 36.3 Å². The highest BCUT2D eigenvalue weighted by Crippen LogP contribution is 2.27. The van der Waals surface area contributed by atoms with Crippen molar-refractivity contribution in [2.75, 3.05) is 13.7 Å². The standard InChI is InChI=1S/C20H17F2N3O3S/c1-28-16-5-2-13(3-6-16)20-23-11-14-12-25(9-8-18(14)24-20)29(26,27)19-7-4-15(21)10-17(19)22/h2-7,10-11H,8-9,12H2,1H3. The number of nitrogens with zero attached hydrogens (tertiary/aromatic N) is 3. The topological polar surface area (TPSA) is 72.4 Å². The molecule has 1 aliphatic rings. The molecule has 29 heavy (non-hydrogen) atoms. The SMILES string of the molecule is COc1ccc(-c2ncc3c(n2)CCN(S(=O)(=O)c2ccc(F)cc2F)C3)cc1. The summed E-state index contributed by atoms with van der Waals surface area (Å²) in [5.74, 6) is -0.681. The Balaban J connectivity index is 1.60. The molecule has 9 heteroatoms. The van der Waals surface area contributed by atoms with Crippen molar-refractivity contribution < 1.29 is 21.9 Å². The maximum atomic E-state index is 14.0. The minimum absolute atomic E-state index is 0.0252. The Morgan fingerprint density at radius 1 is 1.10 bits per heavy atom. The first-order valence-electron chi connectivity index (χ1n) is 8.83. The molecule has 4 rings (SSSR count).